The van der Waals surface area contributed by atoms with Crippen molar-refractivity contribution in [2.24, 2.45) is 7.05 Å². The Labute approximate surface area is 116 Å². The first-order valence-electron chi connectivity index (χ1n) is 6.62. The van der Waals surface area contributed by atoms with E-state index in [4.69, 9.17) is 9.84 Å². The van der Waals surface area contributed by atoms with E-state index in [0.29, 0.717) is 0 Å². The first-order chi connectivity index (χ1) is 9.54. The Morgan fingerprint density at radius 3 is 2.95 bits per heavy atom. The lowest BCUT2D eigenvalue weighted by atomic mass is 9.99. The van der Waals surface area contributed by atoms with E-state index >= 15 is 0 Å². The summed E-state index contributed by atoms with van der Waals surface area (Å²) in [5.41, 5.74) is 2.98. The number of aryl methyl sites for hydroxylation is 2. The summed E-state index contributed by atoms with van der Waals surface area (Å²) in [5.74, 6) is -0.0879. The number of aromatic carboxylic acids is 1. The lowest BCUT2D eigenvalue weighted by Crippen LogP contribution is -2.18. The van der Waals surface area contributed by atoms with Crippen molar-refractivity contribution >= 4 is 5.97 Å². The molecule has 3 rings (SSSR count). The number of nitrogens with zero attached hydrogens (tertiary/aromatic N) is 2. The molecular weight excluding hydrogens is 256 g/mol. The van der Waals surface area contributed by atoms with E-state index in [1.165, 1.54) is 5.56 Å². The zero-order chi connectivity index (χ0) is 14.3. The van der Waals surface area contributed by atoms with Gasteiger partial charge in [-0.05, 0) is 49.6 Å². The number of rotatable bonds is 2. The topological polar surface area (TPSA) is 64.3 Å². The number of carboxylic acid groups (broad SMARTS) is 1. The second-order valence-electron chi connectivity index (χ2n) is 5.13. The van der Waals surface area contributed by atoms with Gasteiger partial charge in [0.2, 0.25) is 0 Å². The van der Waals surface area contributed by atoms with Gasteiger partial charge in [-0.1, -0.05) is 0 Å². The Hall–Kier alpha value is -2.30. The number of hydrogen-bond acceptors (Lipinski definition) is 3. The summed E-state index contributed by atoms with van der Waals surface area (Å²) in [4.78, 5) is 11.0. The molecule has 2 aromatic rings. The number of carboxylic acids is 1. The van der Waals surface area contributed by atoms with Crippen molar-refractivity contribution in [1.82, 2.24) is 9.78 Å². The fourth-order valence-corrected chi connectivity index (χ4v) is 2.53. The van der Waals surface area contributed by atoms with Gasteiger partial charge in [-0.15, -0.1) is 0 Å². The maximum absolute atomic E-state index is 11.0. The van der Waals surface area contributed by atoms with E-state index in [9.17, 15) is 4.79 Å². The van der Waals surface area contributed by atoms with Crippen LogP contribution in [0.15, 0.2) is 24.3 Å². The monoisotopic (exact) mass is 272 g/mol. The zero-order valence-electron chi connectivity index (χ0n) is 11.5. The van der Waals surface area contributed by atoms with Gasteiger partial charge in [0, 0.05) is 12.6 Å². The van der Waals surface area contributed by atoms with Crippen LogP contribution < -0.4 is 4.74 Å². The molecule has 0 spiro atoms. The smallest absolute Gasteiger partial charge is 0.356 e. The molecule has 0 amide bonds. The van der Waals surface area contributed by atoms with Gasteiger partial charge in [0.15, 0.2) is 5.69 Å². The van der Waals surface area contributed by atoms with E-state index < -0.39 is 5.97 Å². The molecular formula is C15H16N2O3. The molecule has 0 fully saturated rings. The van der Waals surface area contributed by atoms with Crippen molar-refractivity contribution in [2.75, 3.05) is 0 Å². The van der Waals surface area contributed by atoms with E-state index in [2.05, 4.69) is 18.1 Å². The van der Waals surface area contributed by atoms with Crippen molar-refractivity contribution in [1.29, 1.82) is 0 Å². The van der Waals surface area contributed by atoms with Crippen molar-refractivity contribution in [3.8, 4) is 17.0 Å². The highest BCUT2D eigenvalue weighted by atomic mass is 16.5. The van der Waals surface area contributed by atoms with Crippen LogP contribution in [-0.4, -0.2) is 27.0 Å². The average molecular weight is 272 g/mol. The van der Waals surface area contributed by atoms with Gasteiger partial charge in [0.05, 0.1) is 11.8 Å². The molecule has 104 valence electrons. The quantitative estimate of drug-likeness (QED) is 0.912. The van der Waals surface area contributed by atoms with Gasteiger partial charge in [0.1, 0.15) is 5.75 Å². The molecule has 0 aliphatic carbocycles. The van der Waals surface area contributed by atoms with Crippen LogP contribution in [0.1, 0.15) is 29.4 Å². The standard InChI is InChI=1S/C15H16N2O3/c1-9-3-4-11-7-10(5-6-14(11)20-9)13-8-12(15(18)19)16-17(13)2/h5-9H,3-4H2,1-2H3,(H,18,19). The Balaban J connectivity index is 2.01. The summed E-state index contributed by atoms with van der Waals surface area (Å²) in [6.07, 6.45) is 2.24. The molecule has 20 heavy (non-hydrogen) atoms. The fraction of sp³-hybridized carbons (Fsp3) is 0.333. The van der Waals surface area contributed by atoms with Crippen molar-refractivity contribution in [2.45, 2.75) is 25.9 Å². The summed E-state index contributed by atoms with van der Waals surface area (Å²) in [6, 6.07) is 7.55. The minimum absolute atomic E-state index is 0.0603. The van der Waals surface area contributed by atoms with Crippen molar-refractivity contribution in [3.63, 3.8) is 0 Å². The first-order valence-corrected chi connectivity index (χ1v) is 6.62. The van der Waals surface area contributed by atoms with Gasteiger partial charge in [-0.2, -0.15) is 5.10 Å². The third-order valence-electron chi connectivity index (χ3n) is 3.60. The fourth-order valence-electron chi connectivity index (χ4n) is 2.53. The van der Waals surface area contributed by atoms with E-state index in [1.807, 2.05) is 12.1 Å². The molecule has 0 saturated carbocycles. The van der Waals surface area contributed by atoms with Gasteiger partial charge in [-0.3, -0.25) is 4.68 Å². The summed E-state index contributed by atoms with van der Waals surface area (Å²) >= 11 is 0. The van der Waals surface area contributed by atoms with Crippen molar-refractivity contribution in [3.05, 3.63) is 35.5 Å². The molecule has 0 radical (unpaired) electrons. The maximum atomic E-state index is 11.0. The molecule has 1 atom stereocenters. The molecule has 1 N–H and O–H groups in total. The van der Waals surface area contributed by atoms with E-state index in [-0.39, 0.29) is 11.8 Å². The van der Waals surface area contributed by atoms with Gasteiger partial charge >= 0.3 is 5.97 Å². The maximum Gasteiger partial charge on any atom is 0.356 e. The highest BCUT2D eigenvalue weighted by molar-refractivity contribution is 5.87. The average Bonchev–Trinajstić information content (AvgIpc) is 2.80. The minimum atomic E-state index is -1.01. The molecule has 1 aromatic carbocycles. The van der Waals surface area contributed by atoms with E-state index in [0.717, 1.165) is 29.8 Å². The Bertz CT molecular complexity index is 676. The summed E-state index contributed by atoms with van der Waals surface area (Å²) < 4.78 is 7.37. The van der Waals surface area contributed by atoms with Crippen molar-refractivity contribution < 1.29 is 14.6 Å². The third kappa shape index (κ3) is 2.15. The summed E-state index contributed by atoms with van der Waals surface area (Å²) in [5, 5.41) is 13.0. The van der Waals surface area contributed by atoms with Crippen LogP contribution in [-0.2, 0) is 13.5 Å². The molecule has 5 nitrogen and oxygen atoms in total. The first kappa shape index (κ1) is 12.7. The van der Waals surface area contributed by atoms with Gasteiger partial charge < -0.3 is 9.84 Å². The number of benzene rings is 1. The Morgan fingerprint density at radius 1 is 1.45 bits per heavy atom. The largest absolute Gasteiger partial charge is 0.490 e. The predicted octanol–water partition coefficient (Wildman–Crippen LogP) is 2.50. The lowest BCUT2D eigenvalue weighted by molar-refractivity contribution is 0.0689. The number of fused-ring (bicyclic) bond motifs is 1. The predicted molar refractivity (Wildman–Crippen MR) is 74.0 cm³/mol. The normalized spacial score (nSPS) is 17.4. The minimum Gasteiger partial charge on any atom is -0.490 e. The molecule has 1 aliphatic rings. The van der Waals surface area contributed by atoms with Crippen LogP contribution in [0.4, 0.5) is 0 Å². The molecule has 0 saturated heterocycles. The highest BCUT2D eigenvalue weighted by Crippen LogP contribution is 2.32. The van der Waals surface area contributed by atoms with Gasteiger partial charge in [0.25, 0.3) is 0 Å². The summed E-state index contributed by atoms with van der Waals surface area (Å²) in [7, 11) is 1.75. The number of carbonyl (C=O) groups is 1. The van der Waals surface area contributed by atoms with E-state index in [1.54, 1.807) is 17.8 Å². The second kappa shape index (κ2) is 4.67. The number of ether oxygens (including phenoxy) is 1. The molecule has 1 aromatic heterocycles. The van der Waals surface area contributed by atoms with Crippen LogP contribution in [0, 0.1) is 0 Å². The Kier molecular flexibility index (Phi) is 2.97. The number of aromatic nitrogens is 2. The molecule has 5 heteroatoms. The number of hydrogen-bond donors (Lipinski definition) is 1. The van der Waals surface area contributed by atoms with Crippen LogP contribution >= 0.6 is 0 Å². The second-order valence-corrected chi connectivity index (χ2v) is 5.13. The molecule has 2 heterocycles. The molecule has 1 aliphatic heterocycles. The van der Waals surface area contributed by atoms with Gasteiger partial charge in [-0.25, -0.2) is 4.79 Å². The van der Waals surface area contributed by atoms with Crippen LogP contribution in [0.5, 0.6) is 5.75 Å². The van der Waals surface area contributed by atoms with Crippen LogP contribution in [0.3, 0.4) is 0 Å². The molecule has 1 unspecified atom stereocenters. The SMILES string of the molecule is CC1CCc2cc(-c3cc(C(=O)O)nn3C)ccc2O1. The molecule has 0 bridgehead atoms. The zero-order valence-corrected chi connectivity index (χ0v) is 11.5. The third-order valence-corrected chi connectivity index (χ3v) is 3.60. The summed E-state index contributed by atoms with van der Waals surface area (Å²) in [6.45, 7) is 2.07. The van der Waals surface area contributed by atoms with Crippen LogP contribution in [0.2, 0.25) is 0 Å². The lowest BCUT2D eigenvalue weighted by Gasteiger charge is -2.23. The van der Waals surface area contributed by atoms with Crippen LogP contribution in [0.25, 0.3) is 11.3 Å². The Morgan fingerprint density at radius 2 is 2.25 bits per heavy atom. The highest BCUT2D eigenvalue weighted by Gasteiger charge is 2.18.